The van der Waals surface area contributed by atoms with Crippen molar-refractivity contribution in [3.8, 4) is 5.75 Å². The van der Waals surface area contributed by atoms with E-state index < -0.39 is 10.0 Å². The molecule has 22 heavy (non-hydrogen) atoms. The summed E-state index contributed by atoms with van der Waals surface area (Å²) in [6, 6.07) is 5.10. The molecule has 0 atom stereocenters. The van der Waals surface area contributed by atoms with Gasteiger partial charge in [0.25, 0.3) is 0 Å². The van der Waals surface area contributed by atoms with Gasteiger partial charge in [-0.2, -0.15) is 0 Å². The largest absolute Gasteiger partial charge is 0.495 e. The lowest BCUT2D eigenvalue weighted by Gasteiger charge is -2.11. The van der Waals surface area contributed by atoms with Crippen LogP contribution in [-0.4, -0.2) is 27.1 Å². The summed E-state index contributed by atoms with van der Waals surface area (Å²) in [7, 11) is -2.13. The summed E-state index contributed by atoms with van der Waals surface area (Å²) in [6.45, 7) is 6.07. The van der Waals surface area contributed by atoms with Gasteiger partial charge in [0, 0.05) is 11.4 Å². The average Bonchev–Trinajstić information content (AvgIpc) is 2.77. The molecule has 1 aromatic carbocycles. The Bertz CT molecular complexity index is 767. The molecule has 0 aliphatic rings. The van der Waals surface area contributed by atoms with Crippen molar-refractivity contribution in [3.05, 3.63) is 39.3 Å². The van der Waals surface area contributed by atoms with Crippen molar-refractivity contribution >= 4 is 21.4 Å². The van der Waals surface area contributed by atoms with Crippen molar-refractivity contribution in [2.75, 3.05) is 13.7 Å². The highest BCUT2D eigenvalue weighted by Gasteiger charge is 2.19. The van der Waals surface area contributed by atoms with Gasteiger partial charge >= 0.3 is 0 Å². The molecule has 1 heterocycles. The minimum absolute atomic E-state index is 0.173. The zero-order chi connectivity index (χ0) is 16.3. The molecule has 0 fully saturated rings. The summed E-state index contributed by atoms with van der Waals surface area (Å²) in [4.78, 5) is 5.63. The number of sulfonamides is 1. The number of ether oxygens (including phenoxy) is 1. The molecule has 2 aromatic rings. The first-order chi connectivity index (χ1) is 10.3. The lowest BCUT2D eigenvalue weighted by atomic mass is 10.2. The highest BCUT2D eigenvalue weighted by Crippen LogP contribution is 2.24. The van der Waals surface area contributed by atoms with E-state index in [1.807, 2.05) is 26.8 Å². The molecular formula is C15H20N2O3S2. The fraction of sp³-hybridized carbons (Fsp3) is 0.400. The van der Waals surface area contributed by atoms with Gasteiger partial charge in [-0.25, -0.2) is 18.1 Å². The summed E-state index contributed by atoms with van der Waals surface area (Å²) in [5.41, 5.74) is 1.84. The molecule has 5 nitrogen and oxygen atoms in total. The van der Waals surface area contributed by atoms with Gasteiger partial charge in [-0.05, 0) is 44.9 Å². The van der Waals surface area contributed by atoms with Crippen molar-refractivity contribution < 1.29 is 13.2 Å². The maximum absolute atomic E-state index is 12.4. The SMILES string of the molecule is COc1ccc(C)cc1S(=O)(=O)NCCc1sc(C)nc1C. The van der Waals surface area contributed by atoms with Crippen LogP contribution < -0.4 is 9.46 Å². The van der Waals surface area contributed by atoms with Crippen LogP contribution in [0.3, 0.4) is 0 Å². The number of hydrogen-bond donors (Lipinski definition) is 1. The zero-order valence-electron chi connectivity index (χ0n) is 13.1. The van der Waals surface area contributed by atoms with E-state index in [2.05, 4.69) is 9.71 Å². The van der Waals surface area contributed by atoms with Crippen LogP contribution in [0.1, 0.15) is 21.1 Å². The number of benzene rings is 1. The number of aryl methyl sites for hydroxylation is 3. The number of rotatable bonds is 6. The number of nitrogens with zero attached hydrogens (tertiary/aromatic N) is 1. The minimum Gasteiger partial charge on any atom is -0.495 e. The van der Waals surface area contributed by atoms with Crippen molar-refractivity contribution in [2.24, 2.45) is 0 Å². The second-order valence-corrected chi connectivity index (χ2v) is 8.07. The van der Waals surface area contributed by atoms with E-state index in [9.17, 15) is 8.42 Å². The first-order valence-electron chi connectivity index (χ1n) is 6.90. The Labute approximate surface area is 135 Å². The van der Waals surface area contributed by atoms with Gasteiger partial charge in [0.2, 0.25) is 10.0 Å². The second kappa shape index (κ2) is 6.76. The van der Waals surface area contributed by atoms with E-state index in [0.29, 0.717) is 18.7 Å². The lowest BCUT2D eigenvalue weighted by molar-refractivity contribution is 0.402. The van der Waals surface area contributed by atoms with E-state index in [1.165, 1.54) is 7.11 Å². The van der Waals surface area contributed by atoms with E-state index in [0.717, 1.165) is 21.1 Å². The number of hydrogen-bond acceptors (Lipinski definition) is 5. The Hall–Kier alpha value is -1.44. The average molecular weight is 340 g/mol. The lowest BCUT2D eigenvalue weighted by Crippen LogP contribution is -2.26. The van der Waals surface area contributed by atoms with Crippen LogP contribution in [0, 0.1) is 20.8 Å². The molecule has 0 spiro atoms. The van der Waals surface area contributed by atoms with Crippen LogP contribution in [-0.2, 0) is 16.4 Å². The van der Waals surface area contributed by atoms with Gasteiger partial charge < -0.3 is 4.74 Å². The van der Waals surface area contributed by atoms with E-state index in [-0.39, 0.29) is 4.90 Å². The van der Waals surface area contributed by atoms with Crippen LogP contribution >= 0.6 is 11.3 Å². The number of nitrogens with one attached hydrogen (secondary N) is 1. The minimum atomic E-state index is -3.59. The van der Waals surface area contributed by atoms with Crippen LogP contribution in [0.25, 0.3) is 0 Å². The van der Waals surface area contributed by atoms with Crippen molar-refractivity contribution in [3.63, 3.8) is 0 Å². The fourth-order valence-electron chi connectivity index (χ4n) is 2.18. The molecule has 0 amide bonds. The van der Waals surface area contributed by atoms with Gasteiger partial charge in [-0.15, -0.1) is 11.3 Å². The molecule has 0 unspecified atom stereocenters. The molecule has 0 bridgehead atoms. The van der Waals surface area contributed by atoms with E-state index in [1.54, 1.807) is 23.5 Å². The normalized spacial score (nSPS) is 11.6. The zero-order valence-corrected chi connectivity index (χ0v) is 14.8. The van der Waals surface area contributed by atoms with Crippen LogP contribution in [0.4, 0.5) is 0 Å². The predicted molar refractivity (Wildman–Crippen MR) is 88.2 cm³/mol. The number of aromatic nitrogens is 1. The molecule has 0 saturated carbocycles. The Kier molecular flexibility index (Phi) is 5.20. The van der Waals surface area contributed by atoms with Crippen LogP contribution in [0.2, 0.25) is 0 Å². The topological polar surface area (TPSA) is 68.3 Å². The third-order valence-corrected chi connectivity index (χ3v) is 5.87. The van der Waals surface area contributed by atoms with Gasteiger partial charge in [-0.1, -0.05) is 6.07 Å². The molecule has 120 valence electrons. The molecule has 2 rings (SSSR count). The molecular weight excluding hydrogens is 320 g/mol. The van der Waals surface area contributed by atoms with Crippen LogP contribution in [0.15, 0.2) is 23.1 Å². The summed E-state index contributed by atoms with van der Waals surface area (Å²) in [5, 5.41) is 0.996. The Morgan fingerprint density at radius 1 is 1.27 bits per heavy atom. The van der Waals surface area contributed by atoms with Crippen molar-refractivity contribution in [2.45, 2.75) is 32.1 Å². The fourth-order valence-corrected chi connectivity index (χ4v) is 4.40. The molecule has 0 aliphatic heterocycles. The summed E-state index contributed by atoms with van der Waals surface area (Å²) in [6.07, 6.45) is 0.630. The third kappa shape index (κ3) is 3.85. The quantitative estimate of drug-likeness (QED) is 0.878. The maximum Gasteiger partial charge on any atom is 0.244 e. The van der Waals surface area contributed by atoms with E-state index in [4.69, 9.17) is 4.74 Å². The van der Waals surface area contributed by atoms with Crippen molar-refractivity contribution in [1.82, 2.24) is 9.71 Å². The summed E-state index contributed by atoms with van der Waals surface area (Å²) < 4.78 is 32.7. The highest BCUT2D eigenvalue weighted by molar-refractivity contribution is 7.89. The van der Waals surface area contributed by atoms with Gasteiger partial charge in [-0.3, -0.25) is 0 Å². The number of methoxy groups -OCH3 is 1. The van der Waals surface area contributed by atoms with Gasteiger partial charge in [0.05, 0.1) is 17.8 Å². The Morgan fingerprint density at radius 2 is 2.00 bits per heavy atom. The highest BCUT2D eigenvalue weighted by atomic mass is 32.2. The molecule has 0 radical (unpaired) electrons. The van der Waals surface area contributed by atoms with E-state index >= 15 is 0 Å². The third-order valence-electron chi connectivity index (χ3n) is 3.25. The monoisotopic (exact) mass is 340 g/mol. The first-order valence-corrected chi connectivity index (χ1v) is 9.20. The van der Waals surface area contributed by atoms with Crippen LogP contribution in [0.5, 0.6) is 5.75 Å². The summed E-state index contributed by atoms with van der Waals surface area (Å²) in [5.74, 6) is 0.350. The van der Waals surface area contributed by atoms with Gasteiger partial charge in [0.15, 0.2) is 0 Å². The molecule has 0 aliphatic carbocycles. The Morgan fingerprint density at radius 3 is 2.59 bits per heavy atom. The first kappa shape index (κ1) is 16.9. The van der Waals surface area contributed by atoms with Gasteiger partial charge in [0.1, 0.15) is 10.6 Å². The standard InChI is InChI=1S/C15H20N2O3S2/c1-10-5-6-13(20-4)15(9-10)22(18,19)16-8-7-14-11(2)17-12(3)21-14/h5-6,9,16H,7-8H2,1-4H3. The smallest absolute Gasteiger partial charge is 0.244 e. The molecule has 1 N–H and O–H groups in total. The van der Waals surface area contributed by atoms with Crippen molar-refractivity contribution in [1.29, 1.82) is 0 Å². The Balaban J connectivity index is 2.11. The number of thiazole rings is 1. The summed E-state index contributed by atoms with van der Waals surface area (Å²) >= 11 is 1.60. The molecule has 7 heteroatoms. The molecule has 0 saturated heterocycles. The predicted octanol–water partition coefficient (Wildman–Crippen LogP) is 2.60. The molecule has 1 aromatic heterocycles. The maximum atomic E-state index is 12.4. The second-order valence-electron chi connectivity index (χ2n) is 5.04.